The number of tetrazole rings is 1. The fourth-order valence-corrected chi connectivity index (χ4v) is 3.42. The predicted octanol–water partition coefficient (Wildman–Crippen LogP) is 3.08. The van der Waals surface area contributed by atoms with Crippen LogP contribution in [0.4, 0.5) is 0 Å². The minimum absolute atomic E-state index is 0.623. The second-order valence-electron chi connectivity index (χ2n) is 5.13. The maximum atomic E-state index is 9.48. The number of nitriles is 1. The van der Waals surface area contributed by atoms with Crippen molar-refractivity contribution >= 4 is 17.3 Å². The molecule has 6 nitrogen and oxygen atoms in total. The number of fused-ring (bicyclic) bond motifs is 1. The first-order valence-corrected chi connectivity index (χ1v) is 8.30. The van der Waals surface area contributed by atoms with Crippen LogP contribution in [0.1, 0.15) is 11.1 Å². The molecule has 0 saturated heterocycles. The van der Waals surface area contributed by atoms with Gasteiger partial charge < -0.3 is 4.40 Å². The zero-order chi connectivity index (χ0) is 16.4. The highest BCUT2D eigenvalue weighted by Gasteiger charge is 2.13. The average molecular weight is 332 g/mol. The van der Waals surface area contributed by atoms with Gasteiger partial charge in [0.2, 0.25) is 5.16 Å². The molecule has 0 amide bonds. The number of benzene rings is 1. The van der Waals surface area contributed by atoms with E-state index in [1.807, 2.05) is 65.3 Å². The molecule has 1 aromatic carbocycles. The van der Waals surface area contributed by atoms with E-state index < -0.39 is 0 Å². The van der Waals surface area contributed by atoms with Crippen LogP contribution < -0.4 is 0 Å². The first-order chi connectivity index (χ1) is 11.9. The van der Waals surface area contributed by atoms with Crippen molar-refractivity contribution in [1.82, 2.24) is 24.6 Å². The summed E-state index contributed by atoms with van der Waals surface area (Å²) in [5.41, 5.74) is 3.49. The van der Waals surface area contributed by atoms with Gasteiger partial charge in [0.15, 0.2) is 0 Å². The lowest BCUT2D eigenvalue weighted by Crippen LogP contribution is -1.98. The Morgan fingerprint density at radius 2 is 1.92 bits per heavy atom. The Balaban J connectivity index is 1.63. The molecular weight excluding hydrogens is 320 g/mol. The number of pyridine rings is 1. The van der Waals surface area contributed by atoms with Gasteiger partial charge in [-0.25, -0.2) is 0 Å². The molecule has 0 atom stereocenters. The lowest BCUT2D eigenvalue weighted by Gasteiger charge is -2.03. The normalized spacial score (nSPS) is 10.8. The fourth-order valence-electron chi connectivity index (χ4n) is 2.56. The van der Waals surface area contributed by atoms with E-state index >= 15 is 0 Å². The van der Waals surface area contributed by atoms with Gasteiger partial charge in [0, 0.05) is 18.1 Å². The Morgan fingerprint density at radius 3 is 2.75 bits per heavy atom. The summed E-state index contributed by atoms with van der Waals surface area (Å²) in [4.78, 5) is 0. The summed E-state index contributed by atoms with van der Waals surface area (Å²) in [6.45, 7) is 0. The van der Waals surface area contributed by atoms with E-state index in [0.717, 1.165) is 16.8 Å². The van der Waals surface area contributed by atoms with Crippen molar-refractivity contribution in [3.05, 3.63) is 72.1 Å². The smallest absolute Gasteiger partial charge is 0.214 e. The van der Waals surface area contributed by atoms with Crippen LogP contribution in [-0.4, -0.2) is 24.6 Å². The van der Waals surface area contributed by atoms with Crippen molar-refractivity contribution in [1.29, 1.82) is 5.26 Å². The number of hydrogen-bond donors (Lipinski definition) is 0. The highest BCUT2D eigenvalue weighted by molar-refractivity contribution is 7.98. The molecule has 0 radical (unpaired) electrons. The Kier molecular flexibility index (Phi) is 3.73. The summed E-state index contributed by atoms with van der Waals surface area (Å²) >= 11 is 1.51. The Bertz CT molecular complexity index is 1030. The van der Waals surface area contributed by atoms with Gasteiger partial charge in [-0.05, 0) is 40.3 Å². The van der Waals surface area contributed by atoms with E-state index in [0.29, 0.717) is 16.5 Å². The predicted molar refractivity (Wildman–Crippen MR) is 90.8 cm³/mol. The number of aromatic nitrogens is 5. The molecule has 0 saturated carbocycles. The molecule has 0 fully saturated rings. The van der Waals surface area contributed by atoms with E-state index in [1.54, 1.807) is 4.68 Å². The van der Waals surface area contributed by atoms with Crippen molar-refractivity contribution in [2.24, 2.45) is 0 Å². The van der Waals surface area contributed by atoms with Crippen LogP contribution in [0.15, 0.2) is 66.1 Å². The summed E-state index contributed by atoms with van der Waals surface area (Å²) in [5.74, 6) is 0.623. The first kappa shape index (κ1) is 14.5. The lowest BCUT2D eigenvalue weighted by molar-refractivity contribution is 0.756. The van der Waals surface area contributed by atoms with Gasteiger partial charge in [-0.1, -0.05) is 36.0 Å². The third-order valence-corrected chi connectivity index (χ3v) is 4.64. The van der Waals surface area contributed by atoms with Crippen molar-refractivity contribution in [3.8, 4) is 11.8 Å². The highest BCUT2D eigenvalue weighted by Crippen LogP contribution is 2.26. The monoisotopic (exact) mass is 332 g/mol. The van der Waals surface area contributed by atoms with E-state index in [-0.39, 0.29) is 0 Å². The number of rotatable bonds is 4. The number of nitrogens with zero attached hydrogens (tertiary/aromatic N) is 6. The van der Waals surface area contributed by atoms with E-state index in [9.17, 15) is 5.26 Å². The molecular formula is C17H12N6S. The van der Waals surface area contributed by atoms with Gasteiger partial charge in [-0.3, -0.25) is 0 Å². The molecule has 0 spiro atoms. The topological polar surface area (TPSA) is 71.8 Å². The molecule has 4 aromatic rings. The highest BCUT2D eigenvalue weighted by atomic mass is 32.2. The molecule has 4 rings (SSSR count). The Morgan fingerprint density at radius 1 is 1.08 bits per heavy atom. The fraction of sp³-hybridized carbons (Fsp3) is 0.0588. The third kappa shape index (κ3) is 2.53. The van der Waals surface area contributed by atoms with Gasteiger partial charge in [0.1, 0.15) is 6.07 Å². The molecule has 7 heteroatoms. The van der Waals surface area contributed by atoms with Crippen LogP contribution in [0.25, 0.3) is 11.2 Å². The average Bonchev–Trinajstić information content (AvgIpc) is 3.24. The molecule has 0 N–H and O–H groups in total. The molecule has 3 heterocycles. The van der Waals surface area contributed by atoms with E-state index in [2.05, 4.69) is 21.6 Å². The summed E-state index contributed by atoms with van der Waals surface area (Å²) in [6, 6.07) is 17.9. The maximum absolute atomic E-state index is 9.48. The number of thioether (sulfide) groups is 1. The standard InChI is InChI=1S/C17H12N6S/c18-10-15-13(11-22-9-5-4-8-16(15)22)12-24-17-19-20-21-23(17)14-6-2-1-3-7-14/h1-9,11H,12H2. The molecule has 0 aliphatic rings. The lowest BCUT2D eigenvalue weighted by atomic mass is 10.2. The van der Waals surface area contributed by atoms with Crippen molar-refractivity contribution in [2.75, 3.05) is 0 Å². The molecule has 24 heavy (non-hydrogen) atoms. The van der Waals surface area contributed by atoms with Gasteiger partial charge >= 0.3 is 0 Å². The van der Waals surface area contributed by atoms with Crippen molar-refractivity contribution in [3.63, 3.8) is 0 Å². The second-order valence-corrected chi connectivity index (χ2v) is 6.07. The Hall–Kier alpha value is -3.11. The van der Waals surface area contributed by atoms with Crippen molar-refractivity contribution in [2.45, 2.75) is 10.9 Å². The zero-order valence-corrected chi connectivity index (χ0v) is 13.4. The maximum Gasteiger partial charge on any atom is 0.214 e. The summed E-state index contributed by atoms with van der Waals surface area (Å²) in [5, 5.41) is 22.1. The Labute approximate surface area is 142 Å². The first-order valence-electron chi connectivity index (χ1n) is 7.32. The molecule has 116 valence electrons. The van der Waals surface area contributed by atoms with Crippen LogP contribution in [0.2, 0.25) is 0 Å². The summed E-state index contributed by atoms with van der Waals surface area (Å²) in [6.07, 6.45) is 3.93. The molecule has 3 aromatic heterocycles. The largest absolute Gasteiger partial charge is 0.322 e. The zero-order valence-electron chi connectivity index (χ0n) is 12.6. The van der Waals surface area contributed by atoms with Gasteiger partial charge in [0.05, 0.1) is 16.8 Å². The number of hydrogen-bond acceptors (Lipinski definition) is 5. The van der Waals surface area contributed by atoms with Crippen LogP contribution >= 0.6 is 11.8 Å². The second kappa shape index (κ2) is 6.18. The third-order valence-electron chi connectivity index (χ3n) is 3.67. The minimum Gasteiger partial charge on any atom is -0.322 e. The molecule has 0 aliphatic carbocycles. The van der Waals surface area contributed by atoms with E-state index in [4.69, 9.17) is 0 Å². The van der Waals surface area contributed by atoms with Crippen molar-refractivity contribution < 1.29 is 0 Å². The molecule has 0 bridgehead atoms. The molecule has 0 aliphatic heterocycles. The van der Waals surface area contributed by atoms with Crippen LogP contribution in [0.3, 0.4) is 0 Å². The SMILES string of the molecule is N#Cc1c(CSc2nnnn2-c2ccccc2)cn2ccccc12. The molecule has 0 unspecified atom stereocenters. The number of para-hydroxylation sites is 1. The van der Waals surface area contributed by atoms with E-state index in [1.165, 1.54) is 11.8 Å². The van der Waals surface area contributed by atoms with Gasteiger partial charge in [0.25, 0.3) is 0 Å². The summed E-state index contributed by atoms with van der Waals surface area (Å²) < 4.78 is 3.67. The van der Waals surface area contributed by atoms with Gasteiger partial charge in [-0.2, -0.15) is 9.94 Å². The van der Waals surface area contributed by atoms with Crippen LogP contribution in [-0.2, 0) is 5.75 Å². The van der Waals surface area contributed by atoms with Crippen LogP contribution in [0, 0.1) is 11.3 Å². The minimum atomic E-state index is 0.623. The quantitative estimate of drug-likeness (QED) is 0.537. The summed E-state index contributed by atoms with van der Waals surface area (Å²) in [7, 11) is 0. The van der Waals surface area contributed by atoms with Crippen LogP contribution in [0.5, 0.6) is 0 Å². The van der Waals surface area contributed by atoms with Gasteiger partial charge in [-0.15, -0.1) is 5.10 Å².